The highest BCUT2D eigenvalue weighted by atomic mass is 16.5. The van der Waals surface area contributed by atoms with Gasteiger partial charge in [-0.05, 0) is 25.1 Å². The van der Waals surface area contributed by atoms with Crippen LogP contribution in [0.5, 0.6) is 11.8 Å². The summed E-state index contributed by atoms with van der Waals surface area (Å²) in [6, 6.07) is 7.19. The lowest BCUT2D eigenvalue weighted by atomic mass is 10.2. The summed E-state index contributed by atoms with van der Waals surface area (Å²) in [5, 5.41) is 7.57. The van der Waals surface area contributed by atoms with Gasteiger partial charge in [-0.15, -0.1) is 5.10 Å². The predicted molar refractivity (Wildman–Crippen MR) is 67.3 cm³/mol. The fraction of sp³-hybridized carbons (Fsp3) is 0.0833. The zero-order valence-corrected chi connectivity index (χ0v) is 9.71. The number of fused-ring (bicyclic) bond motifs is 1. The van der Waals surface area contributed by atoms with Gasteiger partial charge in [0.25, 0.3) is 0 Å². The SMILES string of the molecule is Cc1cc(Oc2ncnc3ccc(N)cc23)n[nH]1. The maximum atomic E-state index is 5.76. The highest BCUT2D eigenvalue weighted by Gasteiger charge is 2.08. The monoisotopic (exact) mass is 241 g/mol. The van der Waals surface area contributed by atoms with Crippen molar-refractivity contribution < 1.29 is 4.74 Å². The first-order valence-electron chi connectivity index (χ1n) is 5.42. The fourth-order valence-corrected chi connectivity index (χ4v) is 1.68. The van der Waals surface area contributed by atoms with Crippen LogP contribution in [0.2, 0.25) is 0 Å². The number of H-pyrrole nitrogens is 1. The van der Waals surface area contributed by atoms with Crippen molar-refractivity contribution in [1.82, 2.24) is 20.2 Å². The van der Waals surface area contributed by atoms with E-state index in [0.29, 0.717) is 17.4 Å². The molecule has 3 N–H and O–H groups in total. The van der Waals surface area contributed by atoms with Crippen LogP contribution in [0.1, 0.15) is 5.69 Å². The Balaban J connectivity index is 2.08. The molecule has 0 amide bonds. The highest BCUT2D eigenvalue weighted by Crippen LogP contribution is 2.27. The Morgan fingerprint density at radius 1 is 1.22 bits per heavy atom. The predicted octanol–water partition coefficient (Wildman–Crippen LogP) is 2.04. The largest absolute Gasteiger partial charge is 0.418 e. The molecule has 0 atom stereocenters. The van der Waals surface area contributed by atoms with Crippen molar-refractivity contribution in [1.29, 1.82) is 0 Å². The smallest absolute Gasteiger partial charge is 0.240 e. The van der Waals surface area contributed by atoms with Crippen LogP contribution >= 0.6 is 0 Å². The number of rotatable bonds is 2. The summed E-state index contributed by atoms with van der Waals surface area (Å²) < 4.78 is 5.62. The number of aromatic nitrogens is 4. The summed E-state index contributed by atoms with van der Waals surface area (Å²) in [5.74, 6) is 0.911. The number of aromatic amines is 1. The van der Waals surface area contributed by atoms with E-state index in [-0.39, 0.29) is 0 Å². The van der Waals surface area contributed by atoms with E-state index in [1.165, 1.54) is 6.33 Å². The van der Waals surface area contributed by atoms with Crippen molar-refractivity contribution in [2.24, 2.45) is 0 Å². The highest BCUT2D eigenvalue weighted by molar-refractivity contribution is 5.86. The van der Waals surface area contributed by atoms with Crippen LogP contribution in [0, 0.1) is 6.92 Å². The summed E-state index contributed by atoms with van der Waals surface area (Å²) in [4.78, 5) is 8.26. The average molecular weight is 241 g/mol. The number of hydrogen-bond acceptors (Lipinski definition) is 5. The van der Waals surface area contributed by atoms with Crippen molar-refractivity contribution in [3.63, 3.8) is 0 Å². The maximum Gasteiger partial charge on any atom is 0.240 e. The van der Waals surface area contributed by atoms with Crippen LogP contribution in [0.15, 0.2) is 30.6 Å². The van der Waals surface area contributed by atoms with Gasteiger partial charge < -0.3 is 10.5 Å². The fourth-order valence-electron chi connectivity index (χ4n) is 1.68. The van der Waals surface area contributed by atoms with Crippen LogP contribution in [-0.4, -0.2) is 20.2 Å². The van der Waals surface area contributed by atoms with Crippen molar-refractivity contribution in [3.05, 3.63) is 36.3 Å². The van der Waals surface area contributed by atoms with E-state index in [4.69, 9.17) is 10.5 Å². The van der Waals surface area contributed by atoms with Crippen LogP contribution in [0.4, 0.5) is 5.69 Å². The summed E-state index contributed by atoms with van der Waals surface area (Å²) >= 11 is 0. The van der Waals surface area contributed by atoms with Crippen molar-refractivity contribution in [2.45, 2.75) is 6.92 Å². The van der Waals surface area contributed by atoms with E-state index in [2.05, 4.69) is 20.2 Å². The molecule has 0 aliphatic heterocycles. The Morgan fingerprint density at radius 2 is 2.11 bits per heavy atom. The number of nitrogens with zero attached hydrogens (tertiary/aromatic N) is 3. The minimum absolute atomic E-state index is 0.443. The normalized spacial score (nSPS) is 10.7. The van der Waals surface area contributed by atoms with Gasteiger partial charge in [-0.3, -0.25) is 5.10 Å². The third-order valence-electron chi connectivity index (χ3n) is 2.51. The molecule has 0 saturated heterocycles. The lowest BCUT2D eigenvalue weighted by Gasteiger charge is -2.05. The molecule has 0 aliphatic carbocycles. The minimum atomic E-state index is 0.443. The third-order valence-corrected chi connectivity index (χ3v) is 2.51. The van der Waals surface area contributed by atoms with Gasteiger partial charge >= 0.3 is 0 Å². The number of anilines is 1. The van der Waals surface area contributed by atoms with Gasteiger partial charge in [-0.1, -0.05) is 0 Å². The number of benzene rings is 1. The summed E-state index contributed by atoms with van der Waals surface area (Å²) in [7, 11) is 0. The topological polar surface area (TPSA) is 89.7 Å². The van der Waals surface area contributed by atoms with Gasteiger partial charge in [0.1, 0.15) is 6.33 Å². The van der Waals surface area contributed by atoms with Crippen LogP contribution in [-0.2, 0) is 0 Å². The quantitative estimate of drug-likeness (QED) is 0.670. The Kier molecular flexibility index (Phi) is 2.33. The Hall–Kier alpha value is -2.63. The molecule has 18 heavy (non-hydrogen) atoms. The average Bonchev–Trinajstić information content (AvgIpc) is 2.76. The zero-order chi connectivity index (χ0) is 12.5. The number of aryl methyl sites for hydroxylation is 1. The lowest BCUT2D eigenvalue weighted by Crippen LogP contribution is -1.93. The van der Waals surface area contributed by atoms with Crippen LogP contribution in [0.3, 0.4) is 0 Å². The molecular formula is C12H11N5O. The lowest BCUT2D eigenvalue weighted by molar-refractivity contribution is 0.448. The van der Waals surface area contributed by atoms with Gasteiger partial charge in [-0.25, -0.2) is 9.97 Å². The molecule has 0 bridgehead atoms. The van der Waals surface area contributed by atoms with E-state index < -0.39 is 0 Å². The summed E-state index contributed by atoms with van der Waals surface area (Å²) in [5.41, 5.74) is 8.10. The van der Waals surface area contributed by atoms with Gasteiger partial charge in [0.05, 0.1) is 10.9 Å². The molecule has 0 fully saturated rings. The standard InChI is InChI=1S/C12H11N5O/c1-7-4-11(17-16-7)18-12-9-5-8(13)2-3-10(9)14-6-15-12/h2-6H,13H2,1H3,(H,16,17). The van der Waals surface area contributed by atoms with E-state index in [0.717, 1.165) is 16.6 Å². The molecule has 6 nitrogen and oxygen atoms in total. The molecule has 3 rings (SSSR count). The van der Waals surface area contributed by atoms with Gasteiger partial charge in [0, 0.05) is 17.4 Å². The first kappa shape index (κ1) is 10.5. The summed E-state index contributed by atoms with van der Waals surface area (Å²) in [6.07, 6.45) is 1.45. The molecule has 0 saturated carbocycles. The molecule has 3 aromatic rings. The number of hydrogen-bond donors (Lipinski definition) is 2. The zero-order valence-electron chi connectivity index (χ0n) is 9.71. The van der Waals surface area contributed by atoms with E-state index in [1.807, 2.05) is 13.0 Å². The second-order valence-corrected chi connectivity index (χ2v) is 3.95. The van der Waals surface area contributed by atoms with Gasteiger partial charge in [0.2, 0.25) is 11.8 Å². The Bertz CT molecular complexity index is 707. The number of nitrogens with one attached hydrogen (secondary N) is 1. The first-order valence-corrected chi connectivity index (χ1v) is 5.42. The van der Waals surface area contributed by atoms with Crippen molar-refractivity contribution in [2.75, 3.05) is 5.73 Å². The van der Waals surface area contributed by atoms with Crippen molar-refractivity contribution >= 4 is 16.6 Å². The molecule has 6 heteroatoms. The second-order valence-electron chi connectivity index (χ2n) is 3.95. The first-order chi connectivity index (χ1) is 8.72. The van der Waals surface area contributed by atoms with E-state index in [9.17, 15) is 0 Å². The summed E-state index contributed by atoms with van der Waals surface area (Å²) in [6.45, 7) is 1.90. The minimum Gasteiger partial charge on any atom is -0.418 e. The molecule has 0 spiro atoms. The molecule has 1 aromatic carbocycles. The van der Waals surface area contributed by atoms with Crippen LogP contribution in [0.25, 0.3) is 10.9 Å². The molecule has 0 aliphatic rings. The van der Waals surface area contributed by atoms with E-state index >= 15 is 0 Å². The number of nitrogens with two attached hydrogens (primary N) is 1. The molecule has 2 aromatic heterocycles. The number of ether oxygens (including phenoxy) is 1. The molecule has 2 heterocycles. The van der Waals surface area contributed by atoms with Gasteiger partial charge in [0.15, 0.2) is 0 Å². The molecular weight excluding hydrogens is 230 g/mol. The molecule has 0 unspecified atom stereocenters. The maximum absolute atomic E-state index is 5.76. The molecule has 0 radical (unpaired) electrons. The Morgan fingerprint density at radius 3 is 2.89 bits per heavy atom. The van der Waals surface area contributed by atoms with E-state index in [1.54, 1.807) is 18.2 Å². The molecule has 90 valence electrons. The van der Waals surface area contributed by atoms with Crippen LogP contribution < -0.4 is 10.5 Å². The van der Waals surface area contributed by atoms with Crippen molar-refractivity contribution in [3.8, 4) is 11.8 Å². The Labute approximate surface area is 103 Å². The second kappa shape index (κ2) is 3.99. The van der Waals surface area contributed by atoms with Gasteiger partial charge in [-0.2, -0.15) is 0 Å². The number of nitrogen functional groups attached to an aromatic ring is 1. The third kappa shape index (κ3) is 1.84.